The number of carbonyl (C=O) groups is 1. The number of rotatable bonds is 5. The summed E-state index contributed by atoms with van der Waals surface area (Å²) in [6.07, 6.45) is 5.17. The van der Waals surface area contributed by atoms with Crippen molar-refractivity contribution in [3.63, 3.8) is 0 Å². The van der Waals surface area contributed by atoms with Crippen LogP contribution in [0.1, 0.15) is 35.8 Å². The van der Waals surface area contributed by atoms with Gasteiger partial charge in [0.1, 0.15) is 5.82 Å². The first-order chi connectivity index (χ1) is 12.5. The summed E-state index contributed by atoms with van der Waals surface area (Å²) in [7, 11) is 1.86. The minimum Gasteiger partial charge on any atom is -0.393 e. The lowest BCUT2D eigenvalue weighted by molar-refractivity contribution is -0.122. The number of carbonyl (C=O) groups excluding carboxylic acids is 1. The number of fused-ring (bicyclic) bond motifs is 1. The SMILES string of the molecule is Cc1nc2ccc(CC(=O)N[C@@H](c3cnn(C)c3)C3CC(O)C3)cc2[nH]1. The van der Waals surface area contributed by atoms with Gasteiger partial charge in [0.05, 0.1) is 35.8 Å². The highest BCUT2D eigenvalue weighted by Crippen LogP contribution is 2.38. The monoisotopic (exact) mass is 353 g/mol. The number of H-pyrrole nitrogens is 1. The number of aliphatic hydroxyl groups excluding tert-OH is 1. The van der Waals surface area contributed by atoms with Crippen LogP contribution in [0.25, 0.3) is 11.0 Å². The van der Waals surface area contributed by atoms with Crippen molar-refractivity contribution in [3.8, 4) is 0 Å². The van der Waals surface area contributed by atoms with E-state index in [2.05, 4.69) is 20.4 Å². The molecule has 1 atom stereocenters. The van der Waals surface area contributed by atoms with E-state index in [1.165, 1.54) is 0 Å². The molecule has 1 aliphatic carbocycles. The van der Waals surface area contributed by atoms with Crippen LogP contribution in [-0.2, 0) is 18.3 Å². The highest BCUT2D eigenvalue weighted by atomic mass is 16.3. The Morgan fingerprint density at radius 1 is 1.46 bits per heavy atom. The number of aliphatic hydroxyl groups is 1. The van der Waals surface area contributed by atoms with Gasteiger partial charge in [0.2, 0.25) is 5.91 Å². The summed E-state index contributed by atoms with van der Waals surface area (Å²) in [6, 6.07) is 5.73. The Kier molecular flexibility index (Phi) is 4.24. The Labute approximate surface area is 151 Å². The van der Waals surface area contributed by atoms with Crippen LogP contribution in [0.4, 0.5) is 0 Å². The molecule has 0 radical (unpaired) electrons. The highest BCUT2D eigenvalue weighted by molar-refractivity contribution is 5.82. The molecule has 1 saturated carbocycles. The second kappa shape index (κ2) is 6.57. The second-order valence-corrected chi connectivity index (χ2v) is 7.23. The molecule has 1 aromatic carbocycles. The molecule has 1 amide bonds. The molecule has 4 rings (SSSR count). The number of imidazole rings is 1. The zero-order chi connectivity index (χ0) is 18.3. The van der Waals surface area contributed by atoms with E-state index in [1.54, 1.807) is 10.9 Å². The number of nitrogens with one attached hydrogen (secondary N) is 2. The summed E-state index contributed by atoms with van der Waals surface area (Å²) in [5.74, 6) is 1.08. The molecule has 0 unspecified atom stereocenters. The van der Waals surface area contributed by atoms with Gasteiger partial charge in [-0.2, -0.15) is 5.10 Å². The maximum Gasteiger partial charge on any atom is 0.224 e. The zero-order valence-corrected chi connectivity index (χ0v) is 14.9. The topological polar surface area (TPSA) is 95.8 Å². The summed E-state index contributed by atoms with van der Waals surface area (Å²) < 4.78 is 1.73. The molecule has 7 heteroatoms. The second-order valence-electron chi connectivity index (χ2n) is 7.23. The molecule has 3 aromatic rings. The predicted octanol–water partition coefficient (Wildman–Crippen LogP) is 1.78. The minimum atomic E-state index is -0.262. The third-order valence-electron chi connectivity index (χ3n) is 5.05. The van der Waals surface area contributed by atoms with Crippen molar-refractivity contribution in [1.82, 2.24) is 25.1 Å². The summed E-state index contributed by atoms with van der Waals surface area (Å²) in [4.78, 5) is 20.2. The van der Waals surface area contributed by atoms with Crippen molar-refractivity contribution in [1.29, 1.82) is 0 Å². The van der Waals surface area contributed by atoms with E-state index in [-0.39, 0.29) is 24.0 Å². The third-order valence-corrected chi connectivity index (χ3v) is 5.05. The first kappa shape index (κ1) is 16.8. The van der Waals surface area contributed by atoms with E-state index in [0.29, 0.717) is 19.3 Å². The molecule has 2 aromatic heterocycles. The first-order valence-electron chi connectivity index (χ1n) is 8.89. The molecule has 1 aliphatic rings. The van der Waals surface area contributed by atoms with Gasteiger partial charge in [-0.1, -0.05) is 6.07 Å². The minimum absolute atomic E-state index is 0.0316. The molecule has 7 nitrogen and oxygen atoms in total. The molecule has 3 N–H and O–H groups in total. The normalized spacial score (nSPS) is 20.7. The van der Waals surface area contributed by atoms with Crippen molar-refractivity contribution in [2.45, 2.75) is 38.3 Å². The van der Waals surface area contributed by atoms with Gasteiger partial charge in [0.15, 0.2) is 0 Å². The number of hydrogen-bond donors (Lipinski definition) is 3. The Bertz CT molecular complexity index is 938. The molecule has 0 spiro atoms. The Hall–Kier alpha value is -2.67. The van der Waals surface area contributed by atoms with Gasteiger partial charge in [-0.15, -0.1) is 0 Å². The predicted molar refractivity (Wildman–Crippen MR) is 97.4 cm³/mol. The number of nitrogens with zero attached hydrogens (tertiary/aromatic N) is 3. The summed E-state index contributed by atoms with van der Waals surface area (Å²) in [6.45, 7) is 1.91. The quantitative estimate of drug-likeness (QED) is 0.651. The fraction of sp³-hybridized carbons (Fsp3) is 0.421. The first-order valence-corrected chi connectivity index (χ1v) is 8.89. The van der Waals surface area contributed by atoms with E-state index in [1.807, 2.05) is 38.4 Å². The molecule has 136 valence electrons. The molecule has 1 fully saturated rings. The summed E-state index contributed by atoms with van der Waals surface area (Å²) in [5.41, 5.74) is 3.77. The number of aryl methyl sites for hydroxylation is 2. The van der Waals surface area contributed by atoms with Crippen molar-refractivity contribution in [2.75, 3.05) is 0 Å². The number of hydrogen-bond acceptors (Lipinski definition) is 4. The van der Waals surface area contributed by atoms with E-state index in [4.69, 9.17) is 0 Å². The van der Waals surface area contributed by atoms with Crippen molar-refractivity contribution >= 4 is 16.9 Å². The lowest BCUT2D eigenvalue weighted by Gasteiger charge is -2.37. The van der Waals surface area contributed by atoms with Gasteiger partial charge in [0.25, 0.3) is 0 Å². The van der Waals surface area contributed by atoms with Crippen molar-refractivity contribution in [2.24, 2.45) is 13.0 Å². The molecule has 26 heavy (non-hydrogen) atoms. The number of benzene rings is 1. The van der Waals surface area contributed by atoms with Crippen molar-refractivity contribution in [3.05, 3.63) is 47.5 Å². The zero-order valence-electron chi connectivity index (χ0n) is 14.9. The lowest BCUT2D eigenvalue weighted by atomic mass is 9.75. The van der Waals surface area contributed by atoms with Gasteiger partial charge < -0.3 is 15.4 Å². The van der Waals surface area contributed by atoms with Gasteiger partial charge in [-0.05, 0) is 43.4 Å². The van der Waals surface area contributed by atoms with Crippen molar-refractivity contribution < 1.29 is 9.90 Å². The van der Waals surface area contributed by atoms with Gasteiger partial charge in [0, 0.05) is 18.8 Å². The van der Waals surface area contributed by atoms with Crippen LogP contribution in [0.15, 0.2) is 30.6 Å². The Balaban J connectivity index is 1.48. The molecular weight excluding hydrogens is 330 g/mol. The number of aromatic amines is 1. The van der Waals surface area contributed by atoms with E-state index in [9.17, 15) is 9.90 Å². The fourth-order valence-corrected chi connectivity index (χ4v) is 3.68. The van der Waals surface area contributed by atoms with E-state index < -0.39 is 0 Å². The molecule has 0 aliphatic heterocycles. The summed E-state index contributed by atoms with van der Waals surface area (Å²) in [5, 5.41) is 17.0. The third kappa shape index (κ3) is 3.35. The maximum absolute atomic E-state index is 12.6. The standard InChI is InChI=1S/C19H23N5O2/c1-11-21-16-4-3-12(5-17(16)22-11)6-18(26)23-19(13-7-15(25)8-13)14-9-20-24(2)10-14/h3-5,9-10,13,15,19,25H,6-8H2,1-2H3,(H,21,22)(H,23,26)/t13?,15?,19-/m1/s1. The smallest absolute Gasteiger partial charge is 0.224 e. The van der Waals surface area contributed by atoms with Crippen LogP contribution in [-0.4, -0.2) is 36.9 Å². The average molecular weight is 353 g/mol. The number of aromatic nitrogens is 4. The van der Waals surface area contributed by atoms with Crippen LogP contribution >= 0.6 is 0 Å². The Morgan fingerprint density at radius 2 is 2.27 bits per heavy atom. The van der Waals surface area contributed by atoms with E-state index >= 15 is 0 Å². The number of amides is 1. The average Bonchev–Trinajstić information content (AvgIpc) is 3.14. The van der Waals surface area contributed by atoms with Crippen LogP contribution in [0.5, 0.6) is 0 Å². The van der Waals surface area contributed by atoms with Crippen LogP contribution < -0.4 is 5.32 Å². The molecule has 0 saturated heterocycles. The molecule has 2 heterocycles. The van der Waals surface area contributed by atoms with E-state index in [0.717, 1.165) is 28.0 Å². The largest absolute Gasteiger partial charge is 0.393 e. The maximum atomic E-state index is 12.6. The van der Waals surface area contributed by atoms with Gasteiger partial charge in [-0.3, -0.25) is 9.48 Å². The molecule has 0 bridgehead atoms. The molecular formula is C19H23N5O2. The Morgan fingerprint density at radius 3 is 2.96 bits per heavy atom. The summed E-state index contributed by atoms with van der Waals surface area (Å²) >= 11 is 0. The van der Waals surface area contributed by atoms with Gasteiger partial charge >= 0.3 is 0 Å². The van der Waals surface area contributed by atoms with Gasteiger partial charge in [-0.25, -0.2) is 4.98 Å². The van der Waals surface area contributed by atoms with Crippen LogP contribution in [0, 0.1) is 12.8 Å². The lowest BCUT2D eigenvalue weighted by Crippen LogP contribution is -2.41. The van der Waals surface area contributed by atoms with Crippen LogP contribution in [0.3, 0.4) is 0 Å². The fourth-order valence-electron chi connectivity index (χ4n) is 3.68. The highest BCUT2D eigenvalue weighted by Gasteiger charge is 2.36. The van der Waals surface area contributed by atoms with Crippen LogP contribution in [0.2, 0.25) is 0 Å².